The van der Waals surface area contributed by atoms with Gasteiger partial charge in [0.15, 0.2) is 0 Å². The minimum atomic E-state index is -1.03. The molecule has 41 heavy (non-hydrogen) atoms. The lowest BCUT2D eigenvalue weighted by Gasteiger charge is -2.47. The maximum absolute atomic E-state index is 13.2. The largest absolute Gasteiger partial charge is 0.458 e. The lowest BCUT2D eigenvalue weighted by molar-refractivity contribution is -0.160. The van der Waals surface area contributed by atoms with Crippen molar-refractivity contribution in [2.45, 2.75) is 129 Å². The van der Waals surface area contributed by atoms with E-state index in [9.17, 15) is 19.2 Å². The van der Waals surface area contributed by atoms with Gasteiger partial charge in [0.2, 0.25) is 11.8 Å². The van der Waals surface area contributed by atoms with Crippen molar-refractivity contribution in [2.24, 2.45) is 17.6 Å². The first-order valence-corrected chi connectivity index (χ1v) is 15.0. The minimum Gasteiger partial charge on any atom is -0.458 e. The van der Waals surface area contributed by atoms with Gasteiger partial charge in [0.1, 0.15) is 23.4 Å². The summed E-state index contributed by atoms with van der Waals surface area (Å²) in [5.41, 5.74) is 8.30. The van der Waals surface area contributed by atoms with Crippen LogP contribution in [-0.2, 0) is 35.8 Å². The Labute approximate surface area is 244 Å². The van der Waals surface area contributed by atoms with Crippen molar-refractivity contribution in [3.8, 4) is 5.75 Å². The van der Waals surface area contributed by atoms with Crippen molar-refractivity contribution < 1.29 is 28.7 Å². The number of hydrogen-bond acceptors (Lipinski definition) is 7. The maximum atomic E-state index is 13.2. The summed E-state index contributed by atoms with van der Waals surface area (Å²) in [6.45, 7) is 12.5. The highest BCUT2D eigenvalue weighted by atomic mass is 16.6. The van der Waals surface area contributed by atoms with Crippen LogP contribution in [0.1, 0.15) is 105 Å². The molecule has 0 aromatic heterocycles. The molecular weight excluding hydrogens is 522 g/mol. The smallest absolute Gasteiger partial charge is 0.334 e. The Kier molecular flexibility index (Phi) is 10.6. The van der Waals surface area contributed by atoms with E-state index in [0.717, 1.165) is 31.2 Å². The van der Waals surface area contributed by atoms with Gasteiger partial charge in [-0.3, -0.25) is 9.59 Å². The van der Waals surface area contributed by atoms with Gasteiger partial charge in [-0.1, -0.05) is 46.1 Å². The van der Waals surface area contributed by atoms with Crippen molar-refractivity contribution in [3.63, 3.8) is 0 Å². The molecule has 1 fully saturated rings. The molecule has 2 aliphatic rings. The van der Waals surface area contributed by atoms with E-state index in [1.54, 1.807) is 26.8 Å². The summed E-state index contributed by atoms with van der Waals surface area (Å²) in [4.78, 5) is 50.5. The van der Waals surface area contributed by atoms with Crippen LogP contribution in [0.5, 0.6) is 5.75 Å². The fraction of sp³-hybridized carbons (Fsp3) is 0.688. The third-order valence-corrected chi connectivity index (χ3v) is 8.38. The Morgan fingerprint density at radius 1 is 1.07 bits per heavy atom. The molecule has 1 aromatic carbocycles. The molecule has 4 N–H and O–H groups in total. The molecule has 0 spiro atoms. The summed E-state index contributed by atoms with van der Waals surface area (Å²) in [5.74, 6) is -1.36. The Bertz CT molecular complexity index is 1130. The maximum Gasteiger partial charge on any atom is 0.334 e. The third-order valence-electron chi connectivity index (χ3n) is 8.38. The molecule has 0 heterocycles. The van der Waals surface area contributed by atoms with E-state index in [0.29, 0.717) is 11.7 Å². The Balaban J connectivity index is 1.70. The predicted octanol–water partition coefficient (Wildman–Crippen LogP) is 4.08. The lowest BCUT2D eigenvalue weighted by Crippen LogP contribution is -2.52. The van der Waals surface area contributed by atoms with Gasteiger partial charge in [-0.15, -0.1) is 0 Å². The van der Waals surface area contributed by atoms with E-state index in [2.05, 4.69) is 17.6 Å². The average molecular weight is 572 g/mol. The van der Waals surface area contributed by atoms with Gasteiger partial charge in [0.05, 0.1) is 0 Å². The Hall–Kier alpha value is -2.94. The minimum absolute atomic E-state index is 0.0125. The molecule has 9 nitrogen and oxygen atoms in total. The first-order chi connectivity index (χ1) is 19.1. The average Bonchev–Trinajstić information content (AvgIpc) is 2.86. The number of hydrogen-bond donors (Lipinski definition) is 3. The first kappa shape index (κ1) is 32.6. The lowest BCUT2D eigenvalue weighted by atomic mass is 9.60. The second-order valence-corrected chi connectivity index (χ2v) is 13.4. The molecule has 1 saturated carbocycles. The van der Waals surface area contributed by atoms with Crippen LogP contribution >= 0.6 is 0 Å². The van der Waals surface area contributed by atoms with Crippen LogP contribution in [0, 0.1) is 11.8 Å². The third kappa shape index (κ3) is 8.53. The van der Waals surface area contributed by atoms with E-state index in [1.807, 2.05) is 26.0 Å². The van der Waals surface area contributed by atoms with E-state index < -0.39 is 41.4 Å². The zero-order valence-electron chi connectivity index (χ0n) is 25.8. The first-order valence-electron chi connectivity index (χ1n) is 15.0. The summed E-state index contributed by atoms with van der Waals surface area (Å²) in [5, 5.41) is 5.33. The van der Waals surface area contributed by atoms with Crippen LogP contribution in [0.2, 0.25) is 0 Å². The molecule has 0 saturated heterocycles. The van der Waals surface area contributed by atoms with Gasteiger partial charge < -0.3 is 25.8 Å². The van der Waals surface area contributed by atoms with E-state index >= 15 is 0 Å². The molecule has 2 aliphatic carbocycles. The van der Waals surface area contributed by atoms with Gasteiger partial charge in [-0.25, -0.2) is 9.59 Å². The van der Waals surface area contributed by atoms with Crippen molar-refractivity contribution in [1.29, 1.82) is 0 Å². The predicted molar refractivity (Wildman–Crippen MR) is 157 cm³/mol. The summed E-state index contributed by atoms with van der Waals surface area (Å²) < 4.78 is 11.2. The topological polar surface area (TPSA) is 137 Å². The number of amides is 2. The Morgan fingerprint density at radius 3 is 2.41 bits per heavy atom. The molecule has 1 unspecified atom stereocenters. The fourth-order valence-corrected chi connectivity index (χ4v) is 6.16. The van der Waals surface area contributed by atoms with Crippen LogP contribution < -0.4 is 21.1 Å². The molecular formula is C32H49N3O6. The summed E-state index contributed by atoms with van der Waals surface area (Å²) >= 11 is 0. The van der Waals surface area contributed by atoms with E-state index in [1.165, 1.54) is 25.3 Å². The van der Waals surface area contributed by atoms with Crippen LogP contribution in [0.25, 0.3) is 0 Å². The summed E-state index contributed by atoms with van der Waals surface area (Å²) in [6.07, 6.45) is 6.48. The van der Waals surface area contributed by atoms with Crippen molar-refractivity contribution >= 4 is 23.8 Å². The molecule has 2 bridgehead atoms. The molecule has 3 rings (SSSR count). The van der Waals surface area contributed by atoms with E-state index in [-0.39, 0.29) is 30.2 Å². The quantitative estimate of drug-likeness (QED) is 0.300. The number of carbonyl (C=O) groups is 4. The zero-order chi connectivity index (χ0) is 30.5. The molecule has 0 aliphatic heterocycles. The highest BCUT2D eigenvalue weighted by Crippen LogP contribution is 2.46. The number of carbonyl (C=O) groups excluding carboxylic acids is 4. The second kappa shape index (κ2) is 13.4. The highest BCUT2D eigenvalue weighted by Gasteiger charge is 2.44. The normalized spacial score (nSPS) is 23.7. The van der Waals surface area contributed by atoms with Crippen molar-refractivity contribution in [2.75, 3.05) is 0 Å². The summed E-state index contributed by atoms with van der Waals surface area (Å²) in [6, 6.07) is 3.93. The number of nitrogens with two attached hydrogens (primary N) is 1. The summed E-state index contributed by atoms with van der Waals surface area (Å²) in [7, 11) is 0. The number of fused-ring (bicyclic) bond motifs is 4. The molecule has 228 valence electrons. The molecule has 0 radical (unpaired) electrons. The number of benzene rings is 1. The standard InChI is InChI=1S/C32H49N3O6/c1-19(2)27(30(39)41-31(4,5)6)35-26(37)15-14-25(34-20(3)36)29(38)40-23-13-12-21-17-22-11-9-8-10-16-32(7,28(22)33)24(21)18-23/h12-13,18-19,22,25,27-28H,8-11,14-17,33H2,1-7H3,(H,34,36)(H,35,37)/t22?,25-,27-,28-,32+/m0/s1. The highest BCUT2D eigenvalue weighted by molar-refractivity contribution is 5.87. The monoisotopic (exact) mass is 571 g/mol. The fourth-order valence-electron chi connectivity index (χ4n) is 6.16. The van der Waals surface area contributed by atoms with Gasteiger partial charge in [-0.2, -0.15) is 0 Å². The molecule has 9 heteroatoms. The van der Waals surface area contributed by atoms with Gasteiger partial charge >= 0.3 is 11.9 Å². The van der Waals surface area contributed by atoms with Crippen LogP contribution in [0.3, 0.4) is 0 Å². The van der Waals surface area contributed by atoms with Crippen molar-refractivity contribution in [1.82, 2.24) is 10.6 Å². The van der Waals surface area contributed by atoms with Gasteiger partial charge in [-0.05, 0) is 81.5 Å². The number of rotatable bonds is 9. The van der Waals surface area contributed by atoms with Gasteiger partial charge in [0.25, 0.3) is 0 Å². The second-order valence-electron chi connectivity index (χ2n) is 13.4. The number of nitrogens with one attached hydrogen (secondary N) is 2. The van der Waals surface area contributed by atoms with Crippen LogP contribution in [0.15, 0.2) is 18.2 Å². The zero-order valence-corrected chi connectivity index (χ0v) is 25.8. The van der Waals surface area contributed by atoms with Crippen molar-refractivity contribution in [3.05, 3.63) is 29.3 Å². The molecule has 2 amide bonds. The SMILES string of the molecule is CC(=O)N[C@@H](CCC(=O)N[C@H](C(=O)OC(C)(C)C)C(C)C)C(=O)Oc1ccc2c(c1)[C@@]1(C)CCCCCC(C2)[C@@H]1N. The molecule has 5 atom stereocenters. The van der Waals surface area contributed by atoms with Crippen LogP contribution in [0.4, 0.5) is 0 Å². The molecule has 1 aromatic rings. The Morgan fingerprint density at radius 2 is 1.78 bits per heavy atom. The number of esters is 2. The van der Waals surface area contributed by atoms with E-state index in [4.69, 9.17) is 15.2 Å². The van der Waals surface area contributed by atoms with Crippen LogP contribution in [-0.4, -0.2) is 47.5 Å². The van der Waals surface area contributed by atoms with Gasteiger partial charge in [0, 0.05) is 24.8 Å². The number of ether oxygens (including phenoxy) is 2.